The molecule has 90 valence electrons. The number of nitrogens with two attached hydrogens (primary N) is 2. The van der Waals surface area contributed by atoms with E-state index in [1.54, 1.807) is 0 Å². The molecule has 0 unspecified atom stereocenters. The summed E-state index contributed by atoms with van der Waals surface area (Å²) < 4.78 is 1.92. The van der Waals surface area contributed by atoms with Gasteiger partial charge in [0.15, 0.2) is 0 Å². The van der Waals surface area contributed by atoms with Crippen LogP contribution < -0.4 is 11.5 Å². The molecule has 0 aliphatic carbocycles. The molecule has 0 spiro atoms. The van der Waals surface area contributed by atoms with Crippen molar-refractivity contribution in [3.05, 3.63) is 35.5 Å². The Labute approximate surface area is 101 Å². The van der Waals surface area contributed by atoms with Crippen LogP contribution in [0.25, 0.3) is 11.3 Å². The van der Waals surface area contributed by atoms with Crippen molar-refractivity contribution in [1.29, 1.82) is 0 Å². The van der Waals surface area contributed by atoms with Crippen LogP contribution in [0, 0.1) is 6.92 Å². The number of anilines is 1. The maximum Gasteiger partial charge on any atom is 0.0927 e. The van der Waals surface area contributed by atoms with Crippen molar-refractivity contribution in [2.24, 2.45) is 5.73 Å². The molecule has 0 radical (unpaired) electrons. The van der Waals surface area contributed by atoms with Crippen LogP contribution in [0.5, 0.6) is 0 Å². The van der Waals surface area contributed by atoms with Crippen molar-refractivity contribution in [2.45, 2.75) is 26.9 Å². The monoisotopic (exact) mass is 230 g/mol. The van der Waals surface area contributed by atoms with Gasteiger partial charge in [0.1, 0.15) is 0 Å². The van der Waals surface area contributed by atoms with Gasteiger partial charge in [-0.15, -0.1) is 0 Å². The van der Waals surface area contributed by atoms with Crippen molar-refractivity contribution in [1.82, 2.24) is 9.78 Å². The molecular weight excluding hydrogens is 212 g/mol. The number of hydrogen-bond acceptors (Lipinski definition) is 3. The van der Waals surface area contributed by atoms with E-state index in [0.29, 0.717) is 6.54 Å². The predicted octanol–water partition coefficient (Wildman–Crippen LogP) is 1.92. The topological polar surface area (TPSA) is 69.9 Å². The Kier molecular flexibility index (Phi) is 3.15. The van der Waals surface area contributed by atoms with Crippen LogP contribution in [0.2, 0.25) is 0 Å². The van der Waals surface area contributed by atoms with Crippen LogP contribution in [0.3, 0.4) is 0 Å². The van der Waals surface area contributed by atoms with E-state index in [9.17, 15) is 0 Å². The zero-order chi connectivity index (χ0) is 12.4. The van der Waals surface area contributed by atoms with E-state index in [1.807, 2.05) is 35.9 Å². The molecule has 4 N–H and O–H groups in total. The normalized spacial score (nSPS) is 10.8. The van der Waals surface area contributed by atoms with Gasteiger partial charge in [0, 0.05) is 24.3 Å². The maximum atomic E-state index is 5.91. The highest BCUT2D eigenvalue weighted by Gasteiger charge is 2.08. The Morgan fingerprint density at radius 2 is 2.06 bits per heavy atom. The first kappa shape index (κ1) is 11.7. The average Bonchev–Trinajstić information content (AvgIpc) is 2.75. The van der Waals surface area contributed by atoms with Gasteiger partial charge in [-0.3, -0.25) is 4.68 Å². The predicted molar refractivity (Wildman–Crippen MR) is 70.4 cm³/mol. The summed E-state index contributed by atoms with van der Waals surface area (Å²) in [6.07, 6.45) is 0. The molecule has 2 aromatic rings. The minimum atomic E-state index is 0.502. The highest BCUT2D eigenvalue weighted by atomic mass is 15.3. The fraction of sp³-hybridized carbons (Fsp3) is 0.308. The second-order valence-electron chi connectivity index (χ2n) is 4.11. The molecular formula is C13H18N4. The van der Waals surface area contributed by atoms with Gasteiger partial charge in [0.25, 0.3) is 0 Å². The minimum Gasteiger partial charge on any atom is -0.398 e. The first-order chi connectivity index (χ1) is 8.15. The lowest BCUT2D eigenvalue weighted by molar-refractivity contribution is 0.624. The van der Waals surface area contributed by atoms with Gasteiger partial charge < -0.3 is 11.5 Å². The largest absolute Gasteiger partial charge is 0.398 e. The molecule has 1 aromatic heterocycles. The van der Waals surface area contributed by atoms with E-state index in [1.165, 1.54) is 0 Å². The molecule has 4 heteroatoms. The summed E-state index contributed by atoms with van der Waals surface area (Å²) in [5.41, 5.74) is 16.5. The lowest BCUT2D eigenvalue weighted by Gasteiger charge is -2.02. The van der Waals surface area contributed by atoms with E-state index in [4.69, 9.17) is 11.5 Å². The Morgan fingerprint density at radius 3 is 2.59 bits per heavy atom. The molecule has 0 bridgehead atoms. The van der Waals surface area contributed by atoms with Crippen LogP contribution in [0.1, 0.15) is 18.2 Å². The van der Waals surface area contributed by atoms with E-state index in [0.717, 1.165) is 34.7 Å². The van der Waals surface area contributed by atoms with Crippen molar-refractivity contribution >= 4 is 5.69 Å². The molecule has 0 fully saturated rings. The van der Waals surface area contributed by atoms with E-state index < -0.39 is 0 Å². The molecule has 0 aliphatic rings. The third kappa shape index (κ3) is 2.17. The number of aromatic nitrogens is 2. The first-order valence-corrected chi connectivity index (χ1v) is 5.79. The number of aryl methyl sites for hydroxylation is 2. The zero-order valence-corrected chi connectivity index (χ0v) is 10.3. The second kappa shape index (κ2) is 4.59. The number of hydrogen-bond donors (Lipinski definition) is 2. The summed E-state index contributed by atoms with van der Waals surface area (Å²) in [7, 11) is 0. The van der Waals surface area contributed by atoms with Crippen LogP contribution in [-0.4, -0.2) is 9.78 Å². The van der Waals surface area contributed by atoms with Gasteiger partial charge in [-0.25, -0.2) is 0 Å². The third-order valence-electron chi connectivity index (χ3n) is 2.95. The molecule has 17 heavy (non-hydrogen) atoms. The summed E-state index contributed by atoms with van der Waals surface area (Å²) in [6, 6.07) is 8.03. The van der Waals surface area contributed by atoms with E-state index >= 15 is 0 Å². The summed E-state index contributed by atoms with van der Waals surface area (Å²) in [4.78, 5) is 0. The van der Waals surface area contributed by atoms with Crippen molar-refractivity contribution in [3.63, 3.8) is 0 Å². The number of rotatable bonds is 3. The van der Waals surface area contributed by atoms with Crippen LogP contribution in [0.4, 0.5) is 5.69 Å². The van der Waals surface area contributed by atoms with Crippen molar-refractivity contribution in [3.8, 4) is 11.3 Å². The Bertz CT molecular complexity index is 507. The van der Waals surface area contributed by atoms with Crippen molar-refractivity contribution < 1.29 is 0 Å². The molecule has 1 aromatic carbocycles. The van der Waals surface area contributed by atoms with Gasteiger partial charge in [0.05, 0.1) is 11.4 Å². The van der Waals surface area contributed by atoms with Crippen molar-refractivity contribution in [2.75, 3.05) is 5.73 Å². The third-order valence-corrected chi connectivity index (χ3v) is 2.95. The fourth-order valence-corrected chi connectivity index (χ4v) is 1.83. The molecule has 1 heterocycles. The second-order valence-corrected chi connectivity index (χ2v) is 4.11. The summed E-state index contributed by atoms with van der Waals surface area (Å²) >= 11 is 0. The molecule has 0 saturated carbocycles. The Morgan fingerprint density at radius 1 is 1.29 bits per heavy atom. The lowest BCUT2D eigenvalue weighted by atomic mass is 10.1. The van der Waals surface area contributed by atoms with Crippen LogP contribution >= 0.6 is 0 Å². The number of benzene rings is 1. The van der Waals surface area contributed by atoms with Gasteiger partial charge in [-0.2, -0.15) is 5.10 Å². The Hall–Kier alpha value is -1.81. The van der Waals surface area contributed by atoms with Crippen LogP contribution in [0.15, 0.2) is 24.3 Å². The quantitative estimate of drug-likeness (QED) is 0.791. The fourth-order valence-electron chi connectivity index (χ4n) is 1.83. The number of nitrogens with zero attached hydrogens (tertiary/aromatic N) is 2. The minimum absolute atomic E-state index is 0.502. The highest BCUT2D eigenvalue weighted by Crippen LogP contribution is 2.23. The zero-order valence-electron chi connectivity index (χ0n) is 10.3. The lowest BCUT2D eigenvalue weighted by Crippen LogP contribution is -2.06. The van der Waals surface area contributed by atoms with Crippen LogP contribution in [-0.2, 0) is 13.1 Å². The molecule has 0 atom stereocenters. The highest BCUT2D eigenvalue weighted by molar-refractivity contribution is 5.66. The summed E-state index contributed by atoms with van der Waals surface area (Å²) in [6.45, 7) is 5.38. The molecule has 0 amide bonds. The average molecular weight is 230 g/mol. The standard InChI is InChI=1S/C13H18N4/c1-3-17-11(8-14)7-13(16-17)10-5-4-9(2)12(15)6-10/h4-7H,3,8,14-15H2,1-2H3. The molecule has 0 saturated heterocycles. The summed E-state index contributed by atoms with van der Waals surface area (Å²) in [5, 5.41) is 4.52. The molecule has 4 nitrogen and oxygen atoms in total. The number of nitrogen functional groups attached to an aromatic ring is 1. The molecule has 0 aliphatic heterocycles. The first-order valence-electron chi connectivity index (χ1n) is 5.79. The maximum absolute atomic E-state index is 5.91. The van der Waals surface area contributed by atoms with E-state index in [-0.39, 0.29) is 0 Å². The van der Waals surface area contributed by atoms with Gasteiger partial charge >= 0.3 is 0 Å². The van der Waals surface area contributed by atoms with Gasteiger partial charge in [-0.1, -0.05) is 12.1 Å². The smallest absolute Gasteiger partial charge is 0.0927 e. The van der Waals surface area contributed by atoms with Gasteiger partial charge in [0.2, 0.25) is 0 Å². The SMILES string of the molecule is CCn1nc(-c2ccc(C)c(N)c2)cc1CN. The molecule has 2 rings (SSSR count). The summed E-state index contributed by atoms with van der Waals surface area (Å²) in [5.74, 6) is 0. The van der Waals surface area contributed by atoms with Gasteiger partial charge in [-0.05, 0) is 31.5 Å². The Balaban J connectivity index is 2.45. The van der Waals surface area contributed by atoms with E-state index in [2.05, 4.69) is 12.0 Å².